The lowest BCUT2D eigenvalue weighted by Gasteiger charge is -2.27. The van der Waals surface area contributed by atoms with E-state index in [1.807, 2.05) is 0 Å². The van der Waals surface area contributed by atoms with Crippen LogP contribution in [0.4, 0.5) is 0 Å². The highest BCUT2D eigenvalue weighted by atomic mass is 15.1. The van der Waals surface area contributed by atoms with Crippen molar-refractivity contribution in [3.63, 3.8) is 0 Å². The first kappa shape index (κ1) is 14.7. The summed E-state index contributed by atoms with van der Waals surface area (Å²) in [6.07, 6.45) is 6.32. The van der Waals surface area contributed by atoms with Crippen molar-refractivity contribution in [2.75, 3.05) is 27.2 Å². The third kappa shape index (κ3) is 6.23. The second-order valence-electron chi connectivity index (χ2n) is 6.20. The van der Waals surface area contributed by atoms with E-state index in [2.05, 4.69) is 51.2 Å². The van der Waals surface area contributed by atoms with E-state index in [0.29, 0.717) is 6.04 Å². The van der Waals surface area contributed by atoms with Crippen molar-refractivity contribution in [2.24, 2.45) is 11.8 Å². The van der Waals surface area contributed by atoms with Gasteiger partial charge in [-0.3, -0.25) is 0 Å². The highest BCUT2D eigenvalue weighted by Gasteiger charge is 2.18. The Hall–Kier alpha value is -0.340. The lowest BCUT2D eigenvalue weighted by atomic mass is 9.83. The molecule has 0 amide bonds. The molecule has 0 aliphatic heterocycles. The van der Waals surface area contributed by atoms with Crippen LogP contribution in [0.2, 0.25) is 0 Å². The first-order valence-corrected chi connectivity index (χ1v) is 7.02. The van der Waals surface area contributed by atoms with Gasteiger partial charge in [-0.05, 0) is 72.1 Å². The van der Waals surface area contributed by atoms with Gasteiger partial charge in [0.05, 0.1) is 0 Å². The Labute approximate surface area is 107 Å². The third-order valence-electron chi connectivity index (χ3n) is 3.65. The summed E-state index contributed by atoms with van der Waals surface area (Å²) in [5, 5.41) is 3.69. The lowest BCUT2D eigenvalue weighted by Crippen LogP contribution is -2.34. The summed E-state index contributed by atoms with van der Waals surface area (Å²) in [6, 6.07) is 0.638. The Balaban J connectivity index is 2.20. The van der Waals surface area contributed by atoms with Crippen LogP contribution in [0.15, 0.2) is 11.6 Å². The van der Waals surface area contributed by atoms with E-state index >= 15 is 0 Å². The summed E-state index contributed by atoms with van der Waals surface area (Å²) < 4.78 is 0. The van der Waals surface area contributed by atoms with Gasteiger partial charge in [-0.2, -0.15) is 0 Å². The van der Waals surface area contributed by atoms with Crippen LogP contribution in [0.25, 0.3) is 0 Å². The summed E-state index contributed by atoms with van der Waals surface area (Å²) in [7, 11) is 4.29. The van der Waals surface area contributed by atoms with E-state index in [9.17, 15) is 0 Å². The van der Waals surface area contributed by atoms with Crippen molar-refractivity contribution in [2.45, 2.75) is 46.1 Å². The van der Waals surface area contributed by atoms with Crippen LogP contribution >= 0.6 is 0 Å². The van der Waals surface area contributed by atoms with E-state index in [-0.39, 0.29) is 0 Å². The first-order valence-electron chi connectivity index (χ1n) is 7.02. The Morgan fingerprint density at radius 3 is 2.76 bits per heavy atom. The van der Waals surface area contributed by atoms with Gasteiger partial charge in [-0.15, -0.1) is 0 Å². The number of rotatable bonds is 6. The molecule has 2 nitrogen and oxygen atoms in total. The van der Waals surface area contributed by atoms with Gasteiger partial charge in [0.1, 0.15) is 0 Å². The fourth-order valence-electron chi connectivity index (χ4n) is 2.76. The van der Waals surface area contributed by atoms with Gasteiger partial charge in [-0.25, -0.2) is 0 Å². The number of nitrogens with zero attached hydrogens (tertiary/aromatic N) is 1. The van der Waals surface area contributed by atoms with E-state index < -0.39 is 0 Å². The van der Waals surface area contributed by atoms with Gasteiger partial charge < -0.3 is 10.2 Å². The molecule has 0 radical (unpaired) electrons. The maximum atomic E-state index is 3.69. The minimum Gasteiger partial charge on any atom is -0.314 e. The highest BCUT2D eigenvalue weighted by Crippen LogP contribution is 2.27. The molecule has 1 N–H and O–H groups in total. The zero-order chi connectivity index (χ0) is 12.8. The van der Waals surface area contributed by atoms with Crippen LogP contribution in [0.3, 0.4) is 0 Å². The topological polar surface area (TPSA) is 15.3 Å². The molecule has 2 heteroatoms. The van der Waals surface area contributed by atoms with Crippen molar-refractivity contribution in [1.29, 1.82) is 0 Å². The average molecular weight is 238 g/mol. The largest absolute Gasteiger partial charge is 0.314 e. The number of hydrogen-bond donors (Lipinski definition) is 1. The van der Waals surface area contributed by atoms with E-state index in [1.54, 1.807) is 5.57 Å². The maximum Gasteiger partial charge on any atom is 0.00510 e. The SMILES string of the molecule is CC1=CC(C)CC(CNC(C)CCN(C)C)C1. The molecule has 100 valence electrons. The maximum absolute atomic E-state index is 3.69. The van der Waals surface area contributed by atoms with Gasteiger partial charge in [0.25, 0.3) is 0 Å². The standard InChI is InChI=1S/C15H30N2/c1-12-8-13(2)10-15(9-12)11-16-14(3)6-7-17(4)5/h8,12,14-16H,6-7,9-11H2,1-5H3. The van der Waals surface area contributed by atoms with E-state index in [4.69, 9.17) is 0 Å². The van der Waals surface area contributed by atoms with Gasteiger partial charge in [0.15, 0.2) is 0 Å². The zero-order valence-electron chi connectivity index (χ0n) is 12.3. The molecule has 3 unspecified atom stereocenters. The molecule has 0 bridgehead atoms. The average Bonchev–Trinajstić information content (AvgIpc) is 2.22. The zero-order valence-corrected chi connectivity index (χ0v) is 12.3. The van der Waals surface area contributed by atoms with Crippen LogP contribution in [0, 0.1) is 11.8 Å². The van der Waals surface area contributed by atoms with Crippen LogP contribution in [-0.2, 0) is 0 Å². The Kier molecular flexibility index (Phi) is 6.21. The molecule has 1 rings (SSSR count). The molecular formula is C15H30N2. The fraction of sp³-hybridized carbons (Fsp3) is 0.867. The molecule has 0 saturated heterocycles. The van der Waals surface area contributed by atoms with Gasteiger partial charge in [-0.1, -0.05) is 18.6 Å². The molecule has 0 aromatic carbocycles. The Bertz CT molecular complexity index is 245. The number of allylic oxidation sites excluding steroid dienone is 2. The molecule has 0 aromatic heterocycles. The minimum atomic E-state index is 0.638. The van der Waals surface area contributed by atoms with E-state index in [0.717, 1.165) is 11.8 Å². The Morgan fingerprint density at radius 1 is 1.47 bits per heavy atom. The molecule has 1 aliphatic carbocycles. The molecule has 0 saturated carbocycles. The molecule has 0 fully saturated rings. The van der Waals surface area contributed by atoms with E-state index in [1.165, 1.54) is 32.4 Å². The molecular weight excluding hydrogens is 208 g/mol. The number of hydrogen-bond acceptors (Lipinski definition) is 2. The molecule has 17 heavy (non-hydrogen) atoms. The van der Waals surface area contributed by atoms with Gasteiger partial charge in [0, 0.05) is 6.04 Å². The second kappa shape index (κ2) is 7.17. The first-order chi connectivity index (χ1) is 7.97. The van der Waals surface area contributed by atoms with Crippen molar-refractivity contribution in [3.05, 3.63) is 11.6 Å². The van der Waals surface area contributed by atoms with Gasteiger partial charge >= 0.3 is 0 Å². The molecule has 0 spiro atoms. The number of nitrogens with one attached hydrogen (secondary N) is 1. The predicted molar refractivity (Wildman–Crippen MR) is 76.3 cm³/mol. The summed E-state index contributed by atoms with van der Waals surface area (Å²) in [6.45, 7) is 9.28. The van der Waals surface area contributed by atoms with Crippen molar-refractivity contribution in [3.8, 4) is 0 Å². The summed E-state index contributed by atoms with van der Waals surface area (Å²) in [5.41, 5.74) is 1.58. The highest BCUT2D eigenvalue weighted by molar-refractivity contribution is 5.06. The third-order valence-corrected chi connectivity index (χ3v) is 3.65. The van der Waals surface area contributed by atoms with Crippen LogP contribution < -0.4 is 5.32 Å². The lowest BCUT2D eigenvalue weighted by molar-refractivity contribution is 0.333. The summed E-state index contributed by atoms with van der Waals surface area (Å²) in [4.78, 5) is 2.26. The molecule has 0 aromatic rings. The van der Waals surface area contributed by atoms with Crippen LogP contribution in [-0.4, -0.2) is 38.1 Å². The van der Waals surface area contributed by atoms with Crippen LogP contribution in [0.5, 0.6) is 0 Å². The summed E-state index contributed by atoms with van der Waals surface area (Å²) >= 11 is 0. The van der Waals surface area contributed by atoms with Crippen molar-refractivity contribution in [1.82, 2.24) is 10.2 Å². The molecule has 1 aliphatic rings. The quantitative estimate of drug-likeness (QED) is 0.716. The van der Waals surface area contributed by atoms with Crippen molar-refractivity contribution >= 4 is 0 Å². The summed E-state index contributed by atoms with van der Waals surface area (Å²) in [5.74, 6) is 1.62. The molecule has 0 heterocycles. The smallest absolute Gasteiger partial charge is 0.00510 e. The fourth-order valence-corrected chi connectivity index (χ4v) is 2.76. The Morgan fingerprint density at radius 2 is 2.18 bits per heavy atom. The monoisotopic (exact) mass is 238 g/mol. The molecule has 3 atom stereocenters. The minimum absolute atomic E-state index is 0.638. The van der Waals surface area contributed by atoms with Gasteiger partial charge in [0.2, 0.25) is 0 Å². The van der Waals surface area contributed by atoms with Crippen LogP contribution in [0.1, 0.15) is 40.0 Å². The predicted octanol–water partition coefficient (Wildman–Crippen LogP) is 2.91. The van der Waals surface area contributed by atoms with Crippen molar-refractivity contribution < 1.29 is 0 Å². The second-order valence-corrected chi connectivity index (χ2v) is 6.20. The normalized spacial score (nSPS) is 27.1.